The van der Waals surface area contributed by atoms with Gasteiger partial charge in [-0.05, 0) is 85.9 Å². The number of anilines is 3. The maximum absolute atomic E-state index is 15.2. The Morgan fingerprint density at radius 3 is 2.25 bits per heavy atom. The van der Waals surface area contributed by atoms with E-state index in [1.807, 2.05) is 31.2 Å². The normalized spacial score (nSPS) is 24.6. The number of amides is 4. The predicted molar refractivity (Wildman–Crippen MR) is 228 cm³/mol. The van der Waals surface area contributed by atoms with Crippen LogP contribution in [0.4, 0.5) is 28.6 Å². The summed E-state index contributed by atoms with van der Waals surface area (Å²) in [6.07, 6.45) is 1.95. The largest absolute Gasteiger partial charge is 0.508 e. The number of aromatic hydroxyl groups is 1. The number of halogens is 1. The Balaban J connectivity index is 1.15. The van der Waals surface area contributed by atoms with Gasteiger partial charge in [0.15, 0.2) is 5.69 Å². The van der Waals surface area contributed by atoms with Gasteiger partial charge in [0, 0.05) is 55.0 Å². The smallest absolute Gasteiger partial charge is 0.301 e. The molecule has 16 nitrogen and oxygen atoms in total. The lowest BCUT2D eigenvalue weighted by atomic mass is 9.51. The summed E-state index contributed by atoms with van der Waals surface area (Å²) in [5.74, 6) is -6.55. The number of nitrogens with zero attached hydrogens (tertiary/aromatic N) is 7. The fourth-order valence-electron chi connectivity index (χ4n) is 10.4. The lowest BCUT2D eigenvalue weighted by molar-refractivity contribution is -0.392. The zero-order valence-electron chi connectivity index (χ0n) is 33.7. The van der Waals surface area contributed by atoms with E-state index in [9.17, 15) is 39.7 Å². The highest BCUT2D eigenvalue weighted by molar-refractivity contribution is 7.22. The van der Waals surface area contributed by atoms with Crippen LogP contribution in [0.1, 0.15) is 42.4 Å². The van der Waals surface area contributed by atoms with Crippen LogP contribution >= 0.6 is 22.9 Å². The Morgan fingerprint density at radius 1 is 0.918 bits per heavy atom. The Labute approximate surface area is 356 Å². The summed E-state index contributed by atoms with van der Waals surface area (Å²) in [5.41, 5.74) is 0.0567. The van der Waals surface area contributed by atoms with Crippen LogP contribution < -0.4 is 14.7 Å². The van der Waals surface area contributed by atoms with Gasteiger partial charge in [0.2, 0.25) is 23.6 Å². The van der Waals surface area contributed by atoms with Crippen molar-refractivity contribution in [3.63, 3.8) is 0 Å². The first-order chi connectivity index (χ1) is 28.8. The number of allylic oxidation sites excluding steroid dienone is 2. The fraction of sp³-hybridized carbons (Fsp3) is 0.326. The van der Waals surface area contributed by atoms with Crippen LogP contribution in [0.3, 0.4) is 0 Å². The zero-order chi connectivity index (χ0) is 43.7. The van der Waals surface area contributed by atoms with E-state index in [2.05, 4.69) is 0 Å². The minimum absolute atomic E-state index is 0.0196. The molecule has 4 aliphatic rings. The Morgan fingerprint density at radius 2 is 1.61 bits per heavy atom. The van der Waals surface area contributed by atoms with Gasteiger partial charge in [-0.25, -0.2) is 9.80 Å². The molecular formula is C43H38ClN7O9S. The van der Waals surface area contributed by atoms with Crippen LogP contribution in [-0.4, -0.2) is 62.5 Å². The predicted octanol–water partition coefficient (Wildman–Crippen LogP) is 7.60. The summed E-state index contributed by atoms with van der Waals surface area (Å²) in [4.78, 5) is 86.1. The number of nitro groups is 2. The second-order valence-electron chi connectivity index (χ2n) is 16.7. The van der Waals surface area contributed by atoms with Gasteiger partial charge in [-0.15, -0.1) is 11.3 Å². The Hall–Kier alpha value is -6.46. The maximum atomic E-state index is 15.2. The molecule has 3 aromatic carbocycles. The fourth-order valence-corrected chi connectivity index (χ4v) is 11.7. The van der Waals surface area contributed by atoms with E-state index in [4.69, 9.17) is 16.7 Å². The van der Waals surface area contributed by atoms with Crippen LogP contribution in [0.2, 0.25) is 5.02 Å². The van der Waals surface area contributed by atoms with Crippen LogP contribution in [0.5, 0.6) is 5.75 Å². The van der Waals surface area contributed by atoms with Crippen LogP contribution in [0.15, 0.2) is 66.2 Å². The third kappa shape index (κ3) is 5.66. The summed E-state index contributed by atoms with van der Waals surface area (Å²) < 4.78 is 2.50. The molecule has 0 radical (unpaired) electrons. The summed E-state index contributed by atoms with van der Waals surface area (Å²) in [5, 5.41) is 41.4. The second kappa shape index (κ2) is 13.8. The number of rotatable bonds is 7. The molecule has 6 atom stereocenters. The van der Waals surface area contributed by atoms with Crippen molar-refractivity contribution in [2.75, 3.05) is 28.8 Å². The van der Waals surface area contributed by atoms with Gasteiger partial charge >= 0.3 is 11.4 Å². The summed E-state index contributed by atoms with van der Waals surface area (Å²) >= 11 is 7.83. The molecule has 9 rings (SSSR count). The highest BCUT2D eigenvalue weighted by atomic mass is 35.5. The molecule has 2 saturated heterocycles. The van der Waals surface area contributed by atoms with Crippen molar-refractivity contribution in [3.05, 3.63) is 108 Å². The highest BCUT2D eigenvalue weighted by Crippen LogP contribution is 2.64. The van der Waals surface area contributed by atoms with Crippen molar-refractivity contribution in [3.8, 4) is 16.3 Å². The van der Waals surface area contributed by atoms with Crippen molar-refractivity contribution < 1.29 is 34.1 Å². The van der Waals surface area contributed by atoms with E-state index in [1.54, 1.807) is 39.1 Å². The SMILES string of the molecule is Cc1cc([C@H]2C3=CC[C@@H]4C(=O)N(c5cc([N+](=O)[O-])c(N(C)C)c([N+](=O)[O-])c5)C(=O)[C@@H]4[C@@H]3C[C@H]3C(=O)N(c4cc(-c5sc6ccc(Cl)cc6c5C)nn4C)C(=O)[C@@]23C)ccc1O. The lowest BCUT2D eigenvalue weighted by Crippen LogP contribution is -2.49. The number of fused-ring (bicyclic) bond motifs is 5. The number of aromatic nitrogens is 2. The van der Waals surface area contributed by atoms with E-state index in [-0.39, 0.29) is 35.8 Å². The van der Waals surface area contributed by atoms with Crippen LogP contribution in [0, 0.1) is 63.2 Å². The highest BCUT2D eigenvalue weighted by Gasteiger charge is 2.68. The van der Waals surface area contributed by atoms with E-state index in [0.717, 1.165) is 37.6 Å². The van der Waals surface area contributed by atoms with Crippen molar-refractivity contribution in [1.29, 1.82) is 0 Å². The number of phenolic OH excluding ortho intramolecular Hbond substituents is 1. The molecule has 4 amide bonds. The molecule has 1 saturated carbocycles. The second-order valence-corrected chi connectivity index (χ2v) is 18.2. The Bertz CT molecular complexity index is 2850. The number of thiophene rings is 1. The zero-order valence-corrected chi connectivity index (χ0v) is 35.3. The molecule has 0 unspecified atom stereocenters. The molecule has 0 bridgehead atoms. The number of benzene rings is 3. The van der Waals surface area contributed by atoms with Gasteiger partial charge in [0.25, 0.3) is 0 Å². The average molecular weight is 864 g/mol. The first kappa shape index (κ1) is 40.0. The topological polar surface area (TPSA) is 202 Å². The standard InChI is InChI=1S/C43H38ClN7O9S/c1-19-13-21(7-11-32(19)52)36-24-9-10-25-35(41(55)48(39(25)53)23-15-30(50(57)58)37(46(4)5)31(16-23)51(59)60)27(24)17-28-40(54)49(42(56)43(28,36)3)34-18-29(45-47(34)6)38-20(2)26-14-22(44)8-12-33(26)61-38/h7-9,11-16,18,25,27-28,35-36,52H,10,17H2,1-6H3/t25-,27+,28-,35-,36-,43+/m0/s1. The van der Waals surface area contributed by atoms with Gasteiger partial charge in [0.05, 0.1) is 43.6 Å². The quantitative estimate of drug-likeness (QED) is 0.0731. The summed E-state index contributed by atoms with van der Waals surface area (Å²) in [6.45, 7) is 5.44. The maximum Gasteiger partial charge on any atom is 0.301 e. The summed E-state index contributed by atoms with van der Waals surface area (Å²) in [6, 6.07) is 14.3. The van der Waals surface area contributed by atoms with Crippen LogP contribution in [-0.2, 0) is 26.2 Å². The summed E-state index contributed by atoms with van der Waals surface area (Å²) in [7, 11) is 4.49. The molecule has 18 heteroatoms. The molecule has 2 aliphatic carbocycles. The molecule has 1 N–H and O–H groups in total. The number of phenols is 1. The molecule has 61 heavy (non-hydrogen) atoms. The van der Waals surface area contributed by atoms with Crippen molar-refractivity contribution in [2.45, 2.75) is 39.5 Å². The van der Waals surface area contributed by atoms with Gasteiger partial charge in [0.1, 0.15) is 17.3 Å². The first-order valence-electron chi connectivity index (χ1n) is 19.5. The van der Waals surface area contributed by atoms with E-state index in [0.29, 0.717) is 27.4 Å². The molecular weight excluding hydrogens is 826 g/mol. The van der Waals surface area contributed by atoms with E-state index < -0.39 is 79.9 Å². The number of hydrogen-bond acceptors (Lipinski definition) is 12. The molecule has 2 aromatic heterocycles. The minimum atomic E-state index is -1.39. The number of nitro benzene ring substituents is 2. The van der Waals surface area contributed by atoms with Gasteiger partial charge < -0.3 is 10.0 Å². The van der Waals surface area contributed by atoms with Crippen molar-refractivity contribution in [2.24, 2.45) is 36.1 Å². The number of carbonyl (C=O) groups excluding carboxylic acids is 4. The number of hydrogen-bond donors (Lipinski definition) is 1. The van der Waals surface area contributed by atoms with Crippen LogP contribution in [0.25, 0.3) is 20.7 Å². The van der Waals surface area contributed by atoms with Gasteiger partial charge in [-0.1, -0.05) is 35.4 Å². The third-order valence-electron chi connectivity index (χ3n) is 13.2. The first-order valence-corrected chi connectivity index (χ1v) is 20.7. The van der Waals surface area contributed by atoms with Crippen molar-refractivity contribution >= 4 is 85.2 Å². The molecule has 0 spiro atoms. The number of aryl methyl sites for hydroxylation is 3. The van der Waals surface area contributed by atoms with Crippen molar-refractivity contribution in [1.82, 2.24) is 9.78 Å². The molecule has 3 fully saturated rings. The van der Waals surface area contributed by atoms with Gasteiger partial charge in [-0.2, -0.15) is 5.10 Å². The molecule has 2 aliphatic heterocycles. The number of imide groups is 2. The number of carbonyl (C=O) groups is 4. The molecule has 312 valence electrons. The van der Waals surface area contributed by atoms with E-state index in [1.165, 1.54) is 46.0 Å². The average Bonchev–Trinajstić information content (AvgIpc) is 3.88. The monoisotopic (exact) mass is 863 g/mol. The van der Waals surface area contributed by atoms with E-state index >= 15 is 4.79 Å². The van der Waals surface area contributed by atoms with Gasteiger partial charge in [-0.3, -0.25) is 44.1 Å². The molecule has 5 aromatic rings. The molecule has 4 heterocycles. The third-order valence-corrected chi connectivity index (χ3v) is 14.7. The Kier molecular flexibility index (Phi) is 9.03. The minimum Gasteiger partial charge on any atom is -0.508 e. The lowest BCUT2D eigenvalue weighted by Gasteiger charge is -2.49.